The molecule has 1 aliphatic rings. The average molecular weight is 251 g/mol. The Morgan fingerprint density at radius 1 is 1.33 bits per heavy atom. The van der Waals surface area contributed by atoms with E-state index in [0.29, 0.717) is 17.3 Å². The van der Waals surface area contributed by atoms with Gasteiger partial charge in [0, 0.05) is 0 Å². The van der Waals surface area contributed by atoms with E-state index >= 15 is 0 Å². The van der Waals surface area contributed by atoms with E-state index in [1.807, 2.05) is 0 Å². The number of fused-ring (bicyclic) bond motifs is 1. The first-order valence-electron chi connectivity index (χ1n) is 6.22. The summed E-state index contributed by atoms with van der Waals surface area (Å²) in [5.74, 6) is -0.420. The Hall–Kier alpha value is -1.49. The van der Waals surface area contributed by atoms with Crippen molar-refractivity contribution in [3.63, 3.8) is 0 Å². The number of imidazole rings is 1. The third kappa shape index (κ3) is 1.88. The lowest BCUT2D eigenvalue weighted by Gasteiger charge is -2.26. The Balaban J connectivity index is 2.00. The van der Waals surface area contributed by atoms with E-state index in [1.54, 1.807) is 0 Å². The van der Waals surface area contributed by atoms with Crippen molar-refractivity contribution < 1.29 is 8.78 Å². The van der Waals surface area contributed by atoms with Crippen molar-refractivity contribution in [1.29, 1.82) is 0 Å². The molecule has 18 heavy (non-hydrogen) atoms. The maximum atomic E-state index is 13.6. The van der Waals surface area contributed by atoms with Crippen molar-refractivity contribution in [3.8, 4) is 0 Å². The van der Waals surface area contributed by atoms with Crippen LogP contribution in [0.2, 0.25) is 0 Å². The zero-order chi connectivity index (χ0) is 12.7. The van der Waals surface area contributed by atoms with Crippen LogP contribution in [0.5, 0.6) is 0 Å². The second kappa shape index (κ2) is 4.31. The van der Waals surface area contributed by atoms with Gasteiger partial charge in [0.2, 0.25) is 0 Å². The van der Waals surface area contributed by atoms with Gasteiger partial charge < -0.3 is 10.3 Å². The van der Waals surface area contributed by atoms with E-state index in [9.17, 15) is 8.78 Å². The van der Waals surface area contributed by atoms with Gasteiger partial charge in [0.05, 0.1) is 11.6 Å². The smallest absolute Gasteiger partial charge is 0.186 e. The number of nitrogens with one attached hydrogen (secondary N) is 2. The Morgan fingerprint density at radius 2 is 2.17 bits per heavy atom. The summed E-state index contributed by atoms with van der Waals surface area (Å²) < 4.78 is 26.7. The molecule has 96 valence electrons. The van der Waals surface area contributed by atoms with Crippen LogP contribution in [0.1, 0.15) is 31.6 Å². The lowest BCUT2D eigenvalue weighted by atomic mass is 9.94. The lowest BCUT2D eigenvalue weighted by Crippen LogP contribution is -2.31. The van der Waals surface area contributed by atoms with E-state index in [-0.39, 0.29) is 11.6 Å². The van der Waals surface area contributed by atoms with Gasteiger partial charge in [0.1, 0.15) is 11.3 Å². The Labute approximate surface area is 104 Å². The van der Waals surface area contributed by atoms with E-state index in [0.717, 1.165) is 25.5 Å². The molecular formula is C13H15F2N3. The number of aromatic nitrogens is 2. The number of aromatic amines is 1. The number of nitrogens with zero attached hydrogens (tertiary/aromatic N) is 1. The van der Waals surface area contributed by atoms with Crippen LogP contribution >= 0.6 is 0 Å². The van der Waals surface area contributed by atoms with Crippen LogP contribution in [0.25, 0.3) is 11.0 Å². The van der Waals surface area contributed by atoms with Gasteiger partial charge >= 0.3 is 0 Å². The normalized spacial score (nSPS) is 24.6. The number of benzene rings is 1. The SMILES string of the molecule is CC1CCNC(c2nc3c(F)c(F)ccc3[nH]2)C1. The van der Waals surface area contributed by atoms with Gasteiger partial charge in [-0.3, -0.25) is 0 Å². The summed E-state index contributed by atoms with van der Waals surface area (Å²) in [6.45, 7) is 3.12. The van der Waals surface area contributed by atoms with E-state index in [2.05, 4.69) is 22.2 Å². The molecule has 1 aliphatic heterocycles. The molecule has 3 rings (SSSR count). The zero-order valence-electron chi connectivity index (χ0n) is 10.1. The molecule has 2 heterocycles. The van der Waals surface area contributed by atoms with E-state index in [1.165, 1.54) is 6.07 Å². The first-order chi connectivity index (χ1) is 8.65. The summed E-state index contributed by atoms with van der Waals surface area (Å²) in [7, 11) is 0. The topological polar surface area (TPSA) is 40.7 Å². The monoisotopic (exact) mass is 251 g/mol. The first-order valence-corrected chi connectivity index (χ1v) is 6.22. The molecule has 2 N–H and O–H groups in total. The van der Waals surface area contributed by atoms with Crippen molar-refractivity contribution >= 4 is 11.0 Å². The molecule has 2 unspecified atom stereocenters. The Bertz CT molecular complexity index is 579. The van der Waals surface area contributed by atoms with Crippen molar-refractivity contribution in [2.45, 2.75) is 25.8 Å². The van der Waals surface area contributed by atoms with Crippen molar-refractivity contribution in [3.05, 3.63) is 29.6 Å². The van der Waals surface area contributed by atoms with Crippen LogP contribution in [0.3, 0.4) is 0 Å². The zero-order valence-corrected chi connectivity index (χ0v) is 10.1. The first kappa shape index (κ1) is 11.6. The number of halogens is 2. The molecular weight excluding hydrogens is 236 g/mol. The molecule has 1 aromatic carbocycles. The number of hydrogen-bond donors (Lipinski definition) is 2. The highest BCUT2D eigenvalue weighted by Gasteiger charge is 2.23. The fraction of sp³-hybridized carbons (Fsp3) is 0.462. The predicted octanol–water partition coefficient (Wildman–Crippen LogP) is 2.90. The fourth-order valence-corrected chi connectivity index (χ4v) is 2.52. The van der Waals surface area contributed by atoms with Crippen molar-refractivity contribution in [2.75, 3.05) is 6.54 Å². The van der Waals surface area contributed by atoms with Gasteiger partial charge in [-0.05, 0) is 37.4 Å². The molecule has 1 aromatic heterocycles. The quantitative estimate of drug-likeness (QED) is 0.818. The third-order valence-corrected chi connectivity index (χ3v) is 3.56. The lowest BCUT2D eigenvalue weighted by molar-refractivity contribution is 0.317. The van der Waals surface area contributed by atoms with Gasteiger partial charge in [0.25, 0.3) is 0 Å². The van der Waals surface area contributed by atoms with Crippen LogP contribution in [0.15, 0.2) is 12.1 Å². The highest BCUT2D eigenvalue weighted by molar-refractivity contribution is 5.75. The molecule has 0 bridgehead atoms. The number of piperidine rings is 1. The summed E-state index contributed by atoms with van der Waals surface area (Å²) in [5.41, 5.74) is 0.633. The summed E-state index contributed by atoms with van der Waals surface area (Å²) in [6, 6.07) is 2.75. The summed E-state index contributed by atoms with van der Waals surface area (Å²) in [5, 5.41) is 3.35. The van der Waals surface area contributed by atoms with Gasteiger partial charge in [0.15, 0.2) is 11.6 Å². The molecule has 5 heteroatoms. The molecule has 0 saturated carbocycles. The highest BCUT2D eigenvalue weighted by Crippen LogP contribution is 2.27. The van der Waals surface area contributed by atoms with E-state index < -0.39 is 11.6 Å². The molecule has 0 radical (unpaired) electrons. The van der Waals surface area contributed by atoms with Crippen LogP contribution in [-0.2, 0) is 0 Å². The molecule has 0 amide bonds. The molecule has 0 aliphatic carbocycles. The largest absolute Gasteiger partial charge is 0.341 e. The number of hydrogen-bond acceptors (Lipinski definition) is 2. The Kier molecular flexibility index (Phi) is 2.78. The second-order valence-corrected chi connectivity index (χ2v) is 5.02. The molecule has 1 fully saturated rings. The molecule has 1 saturated heterocycles. The summed E-state index contributed by atoms with van der Waals surface area (Å²) in [4.78, 5) is 7.27. The summed E-state index contributed by atoms with van der Waals surface area (Å²) in [6.07, 6.45) is 2.10. The highest BCUT2D eigenvalue weighted by atomic mass is 19.2. The minimum atomic E-state index is -0.876. The maximum Gasteiger partial charge on any atom is 0.186 e. The van der Waals surface area contributed by atoms with Gasteiger partial charge in [-0.1, -0.05) is 6.92 Å². The van der Waals surface area contributed by atoms with Gasteiger partial charge in [-0.2, -0.15) is 0 Å². The van der Waals surface area contributed by atoms with Gasteiger partial charge in [-0.15, -0.1) is 0 Å². The minimum Gasteiger partial charge on any atom is -0.341 e. The number of rotatable bonds is 1. The van der Waals surface area contributed by atoms with Crippen LogP contribution in [0.4, 0.5) is 8.78 Å². The molecule has 2 atom stereocenters. The van der Waals surface area contributed by atoms with Gasteiger partial charge in [-0.25, -0.2) is 13.8 Å². The second-order valence-electron chi connectivity index (χ2n) is 5.02. The summed E-state index contributed by atoms with van der Waals surface area (Å²) >= 11 is 0. The maximum absolute atomic E-state index is 13.6. The fourth-order valence-electron chi connectivity index (χ4n) is 2.52. The Morgan fingerprint density at radius 3 is 2.94 bits per heavy atom. The molecule has 0 spiro atoms. The standard InChI is InChI=1S/C13H15F2N3/c1-7-4-5-16-10(6-7)13-17-9-3-2-8(14)11(15)12(9)18-13/h2-3,7,10,16H,4-6H2,1H3,(H,17,18). The van der Waals surface area contributed by atoms with E-state index in [4.69, 9.17) is 0 Å². The average Bonchev–Trinajstić information content (AvgIpc) is 2.79. The molecule has 2 aromatic rings. The number of H-pyrrole nitrogens is 1. The minimum absolute atomic E-state index is 0.0880. The third-order valence-electron chi connectivity index (χ3n) is 3.56. The van der Waals surface area contributed by atoms with Crippen LogP contribution in [-0.4, -0.2) is 16.5 Å². The molecule has 3 nitrogen and oxygen atoms in total. The van der Waals surface area contributed by atoms with Crippen molar-refractivity contribution in [2.24, 2.45) is 5.92 Å². The van der Waals surface area contributed by atoms with Crippen LogP contribution in [0, 0.1) is 17.6 Å². The van der Waals surface area contributed by atoms with Crippen LogP contribution < -0.4 is 5.32 Å². The predicted molar refractivity (Wildman–Crippen MR) is 65.2 cm³/mol. The van der Waals surface area contributed by atoms with Crippen molar-refractivity contribution in [1.82, 2.24) is 15.3 Å².